The fraction of sp³-hybridized carbons (Fsp3) is 0.462. The van der Waals surface area contributed by atoms with Gasteiger partial charge in [-0.1, -0.05) is 19.3 Å². The van der Waals surface area contributed by atoms with E-state index in [1.165, 1.54) is 19.3 Å². The third kappa shape index (κ3) is 2.56. The summed E-state index contributed by atoms with van der Waals surface area (Å²) in [6.45, 7) is 0. The Bertz CT molecular complexity index is 439. The minimum atomic E-state index is -0.559. The first-order valence-corrected chi connectivity index (χ1v) is 7.00. The van der Waals surface area contributed by atoms with E-state index in [-0.39, 0.29) is 11.3 Å². The van der Waals surface area contributed by atoms with E-state index < -0.39 is 5.91 Å². The predicted molar refractivity (Wildman–Crippen MR) is 75.2 cm³/mol. The van der Waals surface area contributed by atoms with E-state index in [0.29, 0.717) is 5.92 Å². The van der Waals surface area contributed by atoms with Gasteiger partial charge in [-0.15, -0.1) is 0 Å². The lowest BCUT2D eigenvalue weighted by atomic mass is 9.83. The summed E-state index contributed by atoms with van der Waals surface area (Å²) in [7, 11) is 0. The van der Waals surface area contributed by atoms with Crippen molar-refractivity contribution in [3.05, 3.63) is 26.8 Å². The maximum atomic E-state index is 11.2. The van der Waals surface area contributed by atoms with E-state index in [0.717, 1.165) is 22.0 Å². The summed E-state index contributed by atoms with van der Waals surface area (Å²) in [5, 5.41) is 10.2. The van der Waals surface area contributed by atoms with Crippen LogP contribution in [0.1, 0.15) is 53.9 Å². The van der Waals surface area contributed by atoms with Crippen molar-refractivity contribution in [3.8, 4) is 5.75 Å². The van der Waals surface area contributed by atoms with E-state index in [9.17, 15) is 9.90 Å². The zero-order valence-corrected chi connectivity index (χ0v) is 11.7. The number of phenols is 1. The Labute approximate surface area is 115 Å². The molecule has 1 aromatic rings. The first-order chi connectivity index (χ1) is 8.11. The topological polar surface area (TPSA) is 63.3 Å². The molecule has 2 rings (SSSR count). The summed E-state index contributed by atoms with van der Waals surface area (Å²) in [4.78, 5) is 11.2. The zero-order valence-electron chi connectivity index (χ0n) is 9.58. The van der Waals surface area contributed by atoms with Crippen LogP contribution in [0.5, 0.6) is 5.75 Å². The van der Waals surface area contributed by atoms with E-state index in [4.69, 9.17) is 5.73 Å². The zero-order chi connectivity index (χ0) is 12.4. The van der Waals surface area contributed by atoms with Gasteiger partial charge in [-0.3, -0.25) is 4.79 Å². The number of halogens is 1. The van der Waals surface area contributed by atoms with Crippen molar-refractivity contribution in [1.82, 2.24) is 0 Å². The molecule has 0 atom stereocenters. The molecule has 0 radical (unpaired) electrons. The largest absolute Gasteiger partial charge is 0.507 e. The number of aromatic hydroxyl groups is 1. The second-order valence-electron chi connectivity index (χ2n) is 4.56. The van der Waals surface area contributed by atoms with Gasteiger partial charge in [0.2, 0.25) is 0 Å². The monoisotopic (exact) mass is 345 g/mol. The Morgan fingerprint density at radius 1 is 1.29 bits per heavy atom. The summed E-state index contributed by atoms with van der Waals surface area (Å²) in [5.41, 5.74) is 6.42. The smallest absolute Gasteiger partial charge is 0.252 e. The van der Waals surface area contributed by atoms with Crippen LogP contribution in [0.3, 0.4) is 0 Å². The third-order valence-electron chi connectivity index (χ3n) is 3.44. The summed E-state index contributed by atoms with van der Waals surface area (Å²) < 4.78 is 1.03. The van der Waals surface area contributed by atoms with Crippen molar-refractivity contribution in [2.24, 2.45) is 5.73 Å². The lowest BCUT2D eigenvalue weighted by molar-refractivity contribution is 0.0997. The first kappa shape index (κ1) is 12.7. The Morgan fingerprint density at radius 3 is 2.53 bits per heavy atom. The Balaban J connectivity index is 2.43. The van der Waals surface area contributed by atoms with Crippen LogP contribution in [0.25, 0.3) is 0 Å². The van der Waals surface area contributed by atoms with Crippen molar-refractivity contribution in [2.45, 2.75) is 38.0 Å². The van der Waals surface area contributed by atoms with E-state index in [1.54, 1.807) is 6.07 Å². The van der Waals surface area contributed by atoms with Crippen molar-refractivity contribution >= 4 is 28.5 Å². The van der Waals surface area contributed by atoms with Crippen LogP contribution >= 0.6 is 22.6 Å². The summed E-state index contributed by atoms with van der Waals surface area (Å²) in [6.07, 6.45) is 5.84. The van der Waals surface area contributed by atoms with Crippen LogP contribution < -0.4 is 5.73 Å². The van der Waals surface area contributed by atoms with Gasteiger partial charge in [-0.25, -0.2) is 0 Å². The van der Waals surface area contributed by atoms with Gasteiger partial charge in [0.1, 0.15) is 5.75 Å². The van der Waals surface area contributed by atoms with Crippen LogP contribution in [0.2, 0.25) is 0 Å². The SMILES string of the molecule is NC(=O)c1ccc(I)c(C2CCCCC2)c1O. The first-order valence-electron chi connectivity index (χ1n) is 5.92. The number of hydrogen-bond donors (Lipinski definition) is 2. The molecule has 0 unspecified atom stereocenters. The highest BCUT2D eigenvalue weighted by Crippen LogP contribution is 2.40. The maximum absolute atomic E-state index is 11.2. The van der Waals surface area contributed by atoms with Gasteiger partial charge < -0.3 is 10.8 Å². The Morgan fingerprint density at radius 2 is 1.94 bits per heavy atom. The molecule has 17 heavy (non-hydrogen) atoms. The lowest BCUT2D eigenvalue weighted by Gasteiger charge is -2.24. The molecule has 1 aliphatic rings. The van der Waals surface area contributed by atoms with Crippen LogP contribution in [0.4, 0.5) is 0 Å². The molecule has 0 saturated heterocycles. The molecule has 3 N–H and O–H groups in total. The minimum absolute atomic E-state index is 0.0938. The van der Waals surface area contributed by atoms with Crippen molar-refractivity contribution in [1.29, 1.82) is 0 Å². The highest BCUT2D eigenvalue weighted by atomic mass is 127. The fourth-order valence-corrected chi connectivity index (χ4v) is 3.44. The molecule has 1 fully saturated rings. The highest BCUT2D eigenvalue weighted by Gasteiger charge is 2.23. The molecule has 3 nitrogen and oxygen atoms in total. The molecule has 1 amide bonds. The van der Waals surface area contributed by atoms with Gasteiger partial charge in [0.25, 0.3) is 5.91 Å². The number of carbonyl (C=O) groups is 1. The number of primary amides is 1. The van der Waals surface area contributed by atoms with E-state index >= 15 is 0 Å². The van der Waals surface area contributed by atoms with Crippen molar-refractivity contribution in [3.63, 3.8) is 0 Å². The molecular formula is C13H16INO2. The standard InChI is InChI=1S/C13H16INO2/c14-10-7-6-9(13(15)17)12(16)11(10)8-4-2-1-3-5-8/h6-8,16H,1-5H2,(H2,15,17). The van der Waals surface area contributed by atoms with Crippen LogP contribution in [0.15, 0.2) is 12.1 Å². The van der Waals surface area contributed by atoms with Crippen LogP contribution in [-0.2, 0) is 0 Å². The maximum Gasteiger partial charge on any atom is 0.252 e. The average molecular weight is 345 g/mol. The number of benzene rings is 1. The molecule has 0 bridgehead atoms. The van der Waals surface area contributed by atoms with Gasteiger partial charge in [-0.2, -0.15) is 0 Å². The van der Waals surface area contributed by atoms with Crippen molar-refractivity contribution in [2.75, 3.05) is 0 Å². The summed E-state index contributed by atoms with van der Waals surface area (Å²) >= 11 is 2.22. The molecule has 4 heteroatoms. The molecule has 1 saturated carbocycles. The second kappa shape index (κ2) is 5.25. The molecule has 1 aliphatic carbocycles. The summed E-state index contributed by atoms with van der Waals surface area (Å²) in [5.74, 6) is -0.0952. The number of carbonyl (C=O) groups excluding carboxylic acids is 1. The van der Waals surface area contributed by atoms with Gasteiger partial charge in [0.05, 0.1) is 5.56 Å². The molecule has 92 valence electrons. The van der Waals surface area contributed by atoms with Gasteiger partial charge in [0, 0.05) is 9.13 Å². The number of nitrogens with two attached hydrogens (primary N) is 1. The second-order valence-corrected chi connectivity index (χ2v) is 5.72. The normalized spacial score (nSPS) is 17.0. The predicted octanol–water partition coefficient (Wildman–Crippen LogP) is 3.14. The third-order valence-corrected chi connectivity index (χ3v) is 4.38. The molecule has 0 heterocycles. The van der Waals surface area contributed by atoms with Crippen LogP contribution in [0, 0.1) is 3.57 Å². The van der Waals surface area contributed by atoms with Gasteiger partial charge in [0.15, 0.2) is 0 Å². The van der Waals surface area contributed by atoms with Crippen LogP contribution in [-0.4, -0.2) is 11.0 Å². The van der Waals surface area contributed by atoms with E-state index in [1.807, 2.05) is 6.07 Å². The molecular weight excluding hydrogens is 329 g/mol. The molecule has 0 spiro atoms. The van der Waals surface area contributed by atoms with Gasteiger partial charge in [-0.05, 0) is 53.5 Å². The Hall–Kier alpha value is -0.780. The average Bonchev–Trinajstić information content (AvgIpc) is 2.30. The quantitative estimate of drug-likeness (QED) is 0.809. The molecule has 0 aliphatic heterocycles. The minimum Gasteiger partial charge on any atom is -0.507 e. The molecule has 1 aromatic carbocycles. The van der Waals surface area contributed by atoms with Crippen molar-refractivity contribution < 1.29 is 9.90 Å². The lowest BCUT2D eigenvalue weighted by Crippen LogP contribution is -2.14. The number of rotatable bonds is 2. The van der Waals surface area contributed by atoms with Gasteiger partial charge >= 0.3 is 0 Å². The number of amides is 1. The fourth-order valence-electron chi connectivity index (χ4n) is 2.56. The highest BCUT2D eigenvalue weighted by molar-refractivity contribution is 14.1. The van der Waals surface area contributed by atoms with E-state index in [2.05, 4.69) is 22.6 Å². The number of hydrogen-bond acceptors (Lipinski definition) is 2. The Kier molecular flexibility index (Phi) is 3.91. The summed E-state index contributed by atoms with van der Waals surface area (Å²) in [6, 6.07) is 3.47. The molecule has 0 aromatic heterocycles.